The van der Waals surface area contributed by atoms with Crippen molar-refractivity contribution >= 4 is 11.8 Å². The smallest absolute Gasteiger partial charge is 0.0701 e. The SMILES string of the molecule is CCCCOCCOCCOCCNCC1(SC)CCC1. The Morgan fingerprint density at radius 3 is 2.10 bits per heavy atom. The zero-order valence-corrected chi connectivity index (χ0v) is 14.6. The van der Waals surface area contributed by atoms with Crippen molar-refractivity contribution in [1.29, 1.82) is 0 Å². The van der Waals surface area contributed by atoms with E-state index in [0.29, 0.717) is 31.2 Å². The maximum absolute atomic E-state index is 5.54. The van der Waals surface area contributed by atoms with Gasteiger partial charge in [-0.25, -0.2) is 0 Å². The van der Waals surface area contributed by atoms with Gasteiger partial charge in [0.05, 0.1) is 33.0 Å². The minimum atomic E-state index is 0.515. The molecule has 0 aromatic rings. The average Bonchev–Trinajstić information content (AvgIpc) is 2.46. The van der Waals surface area contributed by atoms with Gasteiger partial charge in [0, 0.05) is 24.4 Å². The second kappa shape index (κ2) is 12.7. The summed E-state index contributed by atoms with van der Waals surface area (Å²) in [6.45, 7) is 8.52. The number of unbranched alkanes of at least 4 members (excludes halogenated alkanes) is 1. The Kier molecular flexibility index (Phi) is 11.6. The Hall–Kier alpha value is 0.190. The standard InChI is InChI=1S/C16H33NO3S/c1-3-4-9-18-11-13-20-14-12-19-10-8-17-15-16(21-2)6-5-7-16/h17H,3-15H2,1-2H3. The van der Waals surface area contributed by atoms with Crippen LogP contribution in [0.25, 0.3) is 0 Å². The summed E-state index contributed by atoms with van der Waals surface area (Å²) in [5.74, 6) is 0. The van der Waals surface area contributed by atoms with E-state index < -0.39 is 0 Å². The van der Waals surface area contributed by atoms with Crippen LogP contribution in [0.2, 0.25) is 0 Å². The summed E-state index contributed by atoms with van der Waals surface area (Å²) in [5.41, 5.74) is 0. The first-order valence-electron chi connectivity index (χ1n) is 8.32. The largest absolute Gasteiger partial charge is 0.379 e. The minimum Gasteiger partial charge on any atom is -0.379 e. The third-order valence-corrected chi connectivity index (χ3v) is 5.37. The highest BCUT2D eigenvalue weighted by atomic mass is 32.2. The molecule has 0 heterocycles. The normalized spacial score (nSPS) is 16.9. The predicted molar refractivity (Wildman–Crippen MR) is 90.3 cm³/mol. The van der Waals surface area contributed by atoms with Crippen molar-refractivity contribution in [1.82, 2.24) is 5.32 Å². The fourth-order valence-corrected chi connectivity index (χ4v) is 3.22. The molecule has 21 heavy (non-hydrogen) atoms. The summed E-state index contributed by atoms with van der Waals surface area (Å²) in [6.07, 6.45) is 8.64. The van der Waals surface area contributed by atoms with Crippen LogP contribution in [-0.2, 0) is 14.2 Å². The molecule has 1 fully saturated rings. The molecule has 0 saturated heterocycles. The van der Waals surface area contributed by atoms with Crippen molar-refractivity contribution in [2.75, 3.05) is 59.0 Å². The van der Waals surface area contributed by atoms with E-state index in [1.165, 1.54) is 25.7 Å². The van der Waals surface area contributed by atoms with E-state index in [9.17, 15) is 0 Å². The third kappa shape index (κ3) is 9.04. The topological polar surface area (TPSA) is 39.7 Å². The van der Waals surface area contributed by atoms with Gasteiger partial charge in [-0.05, 0) is 25.5 Å². The highest BCUT2D eigenvalue weighted by Gasteiger charge is 2.35. The van der Waals surface area contributed by atoms with Crippen LogP contribution in [0.1, 0.15) is 39.0 Å². The van der Waals surface area contributed by atoms with Crippen molar-refractivity contribution in [2.45, 2.75) is 43.8 Å². The molecule has 0 atom stereocenters. The summed E-state index contributed by atoms with van der Waals surface area (Å²) in [6, 6.07) is 0. The molecule has 0 aliphatic heterocycles. The molecule has 0 radical (unpaired) electrons. The molecule has 5 heteroatoms. The van der Waals surface area contributed by atoms with Crippen LogP contribution in [0.4, 0.5) is 0 Å². The fourth-order valence-electron chi connectivity index (χ4n) is 2.27. The van der Waals surface area contributed by atoms with Crippen LogP contribution in [0, 0.1) is 0 Å². The molecule has 126 valence electrons. The van der Waals surface area contributed by atoms with Crippen molar-refractivity contribution in [3.05, 3.63) is 0 Å². The van der Waals surface area contributed by atoms with Crippen molar-refractivity contribution in [3.8, 4) is 0 Å². The summed E-state index contributed by atoms with van der Waals surface area (Å²) in [7, 11) is 0. The Morgan fingerprint density at radius 1 is 0.952 bits per heavy atom. The van der Waals surface area contributed by atoms with Crippen molar-refractivity contribution in [2.24, 2.45) is 0 Å². The van der Waals surface area contributed by atoms with Gasteiger partial charge in [0.15, 0.2) is 0 Å². The summed E-state index contributed by atoms with van der Waals surface area (Å²) >= 11 is 2.01. The summed E-state index contributed by atoms with van der Waals surface area (Å²) < 4.78 is 16.9. The first-order chi connectivity index (χ1) is 10.3. The van der Waals surface area contributed by atoms with Gasteiger partial charge < -0.3 is 19.5 Å². The maximum atomic E-state index is 5.54. The number of hydrogen-bond acceptors (Lipinski definition) is 5. The molecule has 1 aliphatic carbocycles. The lowest BCUT2D eigenvalue weighted by molar-refractivity contribution is 0.0145. The van der Waals surface area contributed by atoms with Crippen LogP contribution in [0.15, 0.2) is 0 Å². The monoisotopic (exact) mass is 319 g/mol. The van der Waals surface area contributed by atoms with Gasteiger partial charge in [-0.1, -0.05) is 19.8 Å². The first kappa shape index (κ1) is 19.2. The van der Waals surface area contributed by atoms with E-state index in [1.54, 1.807) is 0 Å². The van der Waals surface area contributed by atoms with Gasteiger partial charge in [-0.3, -0.25) is 0 Å². The first-order valence-corrected chi connectivity index (χ1v) is 9.54. The Bertz CT molecular complexity index is 232. The lowest BCUT2D eigenvalue weighted by atomic mass is 9.84. The van der Waals surface area contributed by atoms with Crippen LogP contribution in [0.5, 0.6) is 0 Å². The number of rotatable bonds is 15. The molecular formula is C16H33NO3S. The van der Waals surface area contributed by atoms with Gasteiger partial charge in [0.1, 0.15) is 0 Å². The van der Waals surface area contributed by atoms with Crippen LogP contribution in [0.3, 0.4) is 0 Å². The lowest BCUT2D eigenvalue weighted by Crippen LogP contribution is -2.44. The molecule has 4 nitrogen and oxygen atoms in total. The van der Waals surface area contributed by atoms with E-state index in [2.05, 4.69) is 18.5 Å². The summed E-state index contributed by atoms with van der Waals surface area (Å²) in [5, 5.41) is 3.50. The molecule has 0 aromatic heterocycles. The van der Waals surface area contributed by atoms with Gasteiger partial charge in [-0.2, -0.15) is 11.8 Å². The minimum absolute atomic E-state index is 0.515. The number of thioether (sulfide) groups is 1. The Labute approximate surface area is 134 Å². The van der Waals surface area contributed by atoms with Crippen molar-refractivity contribution in [3.63, 3.8) is 0 Å². The molecule has 1 saturated carbocycles. The number of ether oxygens (including phenoxy) is 3. The lowest BCUT2D eigenvalue weighted by Gasteiger charge is -2.40. The second-order valence-corrected chi connectivity index (χ2v) is 6.88. The fraction of sp³-hybridized carbons (Fsp3) is 1.00. The number of hydrogen-bond donors (Lipinski definition) is 1. The van der Waals surface area contributed by atoms with Gasteiger partial charge in [-0.15, -0.1) is 0 Å². The third-order valence-electron chi connectivity index (χ3n) is 3.95. The second-order valence-electron chi connectivity index (χ2n) is 5.61. The molecule has 1 rings (SSSR count). The molecule has 0 amide bonds. The van der Waals surface area contributed by atoms with E-state index in [-0.39, 0.29) is 0 Å². The zero-order chi connectivity index (χ0) is 15.2. The van der Waals surface area contributed by atoms with Gasteiger partial charge in [0.2, 0.25) is 0 Å². The van der Waals surface area contributed by atoms with Crippen LogP contribution in [-0.4, -0.2) is 63.7 Å². The van der Waals surface area contributed by atoms with E-state index in [4.69, 9.17) is 14.2 Å². The Morgan fingerprint density at radius 2 is 1.57 bits per heavy atom. The maximum Gasteiger partial charge on any atom is 0.0701 e. The molecule has 0 unspecified atom stereocenters. The summed E-state index contributed by atoms with van der Waals surface area (Å²) in [4.78, 5) is 0. The molecular weight excluding hydrogens is 286 g/mol. The molecule has 0 aromatic carbocycles. The van der Waals surface area contributed by atoms with Crippen LogP contribution >= 0.6 is 11.8 Å². The van der Waals surface area contributed by atoms with Crippen molar-refractivity contribution < 1.29 is 14.2 Å². The molecule has 1 aliphatic rings. The highest BCUT2D eigenvalue weighted by Crippen LogP contribution is 2.41. The van der Waals surface area contributed by atoms with Crippen LogP contribution < -0.4 is 5.32 Å². The van der Waals surface area contributed by atoms with E-state index >= 15 is 0 Å². The average molecular weight is 320 g/mol. The van der Waals surface area contributed by atoms with Gasteiger partial charge >= 0.3 is 0 Å². The van der Waals surface area contributed by atoms with E-state index in [1.807, 2.05) is 11.8 Å². The predicted octanol–water partition coefficient (Wildman–Crippen LogP) is 2.71. The van der Waals surface area contributed by atoms with E-state index in [0.717, 1.165) is 32.7 Å². The zero-order valence-electron chi connectivity index (χ0n) is 13.8. The Balaban J connectivity index is 1.73. The quantitative estimate of drug-likeness (QED) is 0.470. The molecule has 0 bridgehead atoms. The van der Waals surface area contributed by atoms with Gasteiger partial charge in [0.25, 0.3) is 0 Å². The highest BCUT2D eigenvalue weighted by molar-refractivity contribution is 8.00. The number of nitrogens with one attached hydrogen (secondary N) is 1. The molecule has 1 N–H and O–H groups in total. The molecule has 0 spiro atoms.